The number of para-hydroxylation sites is 2. The third kappa shape index (κ3) is 5.05. The average molecular weight is 410 g/mol. The van der Waals surface area contributed by atoms with Crippen molar-refractivity contribution in [3.63, 3.8) is 0 Å². The number of hydrogen-bond donors (Lipinski definition) is 1. The Hall–Kier alpha value is -2.73. The highest BCUT2D eigenvalue weighted by molar-refractivity contribution is 5.94. The Morgan fingerprint density at radius 1 is 1.03 bits per heavy atom. The number of ether oxygens (including phenoxy) is 2. The first-order valence-electron chi connectivity index (χ1n) is 10.9. The molecule has 6 heteroatoms. The normalized spacial score (nSPS) is 17.1. The summed E-state index contributed by atoms with van der Waals surface area (Å²) in [5.41, 5.74) is 3.27. The summed E-state index contributed by atoms with van der Waals surface area (Å²) in [6.45, 7) is 5.92. The van der Waals surface area contributed by atoms with Crippen molar-refractivity contribution in [2.45, 2.75) is 25.7 Å². The van der Waals surface area contributed by atoms with Crippen LogP contribution in [0.1, 0.15) is 24.8 Å². The number of aryl methyl sites for hydroxylation is 1. The maximum Gasteiger partial charge on any atom is 0.224 e. The molecule has 2 aromatic rings. The lowest BCUT2D eigenvalue weighted by Gasteiger charge is -2.25. The van der Waals surface area contributed by atoms with Crippen molar-refractivity contribution in [3.8, 4) is 11.5 Å². The van der Waals surface area contributed by atoms with Gasteiger partial charge in [-0.25, -0.2) is 0 Å². The average Bonchev–Trinajstić information content (AvgIpc) is 3.02. The van der Waals surface area contributed by atoms with E-state index < -0.39 is 0 Å². The molecule has 1 N–H and O–H groups in total. The minimum Gasteiger partial charge on any atom is -0.495 e. The number of nitrogens with one attached hydrogen (secondary N) is 1. The first-order valence-corrected chi connectivity index (χ1v) is 10.9. The number of carbonyl (C=O) groups excluding carboxylic acids is 1. The van der Waals surface area contributed by atoms with E-state index in [-0.39, 0.29) is 5.91 Å². The first-order chi connectivity index (χ1) is 14.7. The third-order valence-electron chi connectivity index (χ3n) is 5.88. The predicted molar refractivity (Wildman–Crippen MR) is 120 cm³/mol. The fraction of sp³-hybridized carbons (Fsp3) is 0.458. The van der Waals surface area contributed by atoms with Crippen molar-refractivity contribution in [2.24, 2.45) is 0 Å². The van der Waals surface area contributed by atoms with Gasteiger partial charge in [-0.3, -0.25) is 4.79 Å². The van der Waals surface area contributed by atoms with E-state index in [9.17, 15) is 4.79 Å². The van der Waals surface area contributed by atoms with Crippen LogP contribution in [0.5, 0.6) is 11.5 Å². The molecule has 2 aromatic carbocycles. The van der Waals surface area contributed by atoms with Gasteiger partial charge in [0, 0.05) is 44.4 Å². The summed E-state index contributed by atoms with van der Waals surface area (Å²) in [6.07, 6.45) is 3.50. The molecular formula is C24H31N3O3. The lowest BCUT2D eigenvalue weighted by Crippen LogP contribution is -2.32. The number of carbonyl (C=O) groups is 1. The van der Waals surface area contributed by atoms with E-state index >= 15 is 0 Å². The number of hydrogen-bond acceptors (Lipinski definition) is 5. The third-order valence-corrected chi connectivity index (χ3v) is 5.88. The molecule has 1 amide bonds. The molecule has 0 aliphatic carbocycles. The molecular weight excluding hydrogens is 378 g/mol. The van der Waals surface area contributed by atoms with Gasteiger partial charge in [0.05, 0.1) is 19.4 Å². The largest absolute Gasteiger partial charge is 0.495 e. The number of methoxy groups -OCH3 is 1. The molecule has 6 nitrogen and oxygen atoms in total. The quantitative estimate of drug-likeness (QED) is 0.709. The zero-order valence-electron chi connectivity index (χ0n) is 17.7. The second-order valence-corrected chi connectivity index (χ2v) is 7.92. The molecule has 4 rings (SSSR count). The predicted octanol–water partition coefficient (Wildman–Crippen LogP) is 3.56. The van der Waals surface area contributed by atoms with Gasteiger partial charge in [0.15, 0.2) is 0 Å². The fourth-order valence-electron chi connectivity index (χ4n) is 4.25. The van der Waals surface area contributed by atoms with E-state index in [0.29, 0.717) is 13.0 Å². The Balaban J connectivity index is 1.22. The van der Waals surface area contributed by atoms with Crippen LogP contribution in [-0.4, -0.2) is 57.2 Å². The van der Waals surface area contributed by atoms with Crippen LogP contribution in [0.15, 0.2) is 42.5 Å². The molecule has 0 bridgehead atoms. The number of fused-ring (bicyclic) bond motifs is 1. The molecule has 0 spiro atoms. The number of rotatable bonds is 7. The van der Waals surface area contributed by atoms with Crippen molar-refractivity contribution < 1.29 is 14.3 Å². The number of benzene rings is 2. The molecule has 2 aliphatic rings. The highest BCUT2D eigenvalue weighted by atomic mass is 16.5. The molecule has 0 saturated carbocycles. The highest BCUT2D eigenvalue weighted by Crippen LogP contribution is 2.29. The van der Waals surface area contributed by atoms with Crippen LogP contribution in [-0.2, 0) is 11.2 Å². The van der Waals surface area contributed by atoms with E-state index in [4.69, 9.17) is 9.47 Å². The van der Waals surface area contributed by atoms with Crippen LogP contribution in [0.3, 0.4) is 0 Å². The summed E-state index contributed by atoms with van der Waals surface area (Å²) < 4.78 is 11.5. The van der Waals surface area contributed by atoms with Crippen molar-refractivity contribution >= 4 is 17.3 Å². The Kier molecular flexibility index (Phi) is 6.74. The van der Waals surface area contributed by atoms with Gasteiger partial charge in [-0.05, 0) is 49.6 Å². The van der Waals surface area contributed by atoms with Gasteiger partial charge in [-0.1, -0.05) is 18.2 Å². The molecule has 160 valence electrons. The zero-order chi connectivity index (χ0) is 20.8. The Labute approximate surface area is 178 Å². The second-order valence-electron chi connectivity index (χ2n) is 7.92. The Morgan fingerprint density at radius 2 is 1.93 bits per heavy atom. The van der Waals surface area contributed by atoms with Crippen LogP contribution < -0.4 is 19.7 Å². The fourth-order valence-corrected chi connectivity index (χ4v) is 4.25. The highest BCUT2D eigenvalue weighted by Gasteiger charge is 2.18. The maximum atomic E-state index is 11.6. The van der Waals surface area contributed by atoms with Crippen LogP contribution >= 0.6 is 0 Å². The summed E-state index contributed by atoms with van der Waals surface area (Å²) in [5, 5.41) is 2.93. The van der Waals surface area contributed by atoms with Gasteiger partial charge >= 0.3 is 0 Å². The summed E-state index contributed by atoms with van der Waals surface area (Å²) in [6, 6.07) is 14.3. The molecule has 0 radical (unpaired) electrons. The molecule has 2 heterocycles. The van der Waals surface area contributed by atoms with Crippen LogP contribution in [0.25, 0.3) is 0 Å². The Bertz CT molecular complexity index is 871. The van der Waals surface area contributed by atoms with E-state index in [0.717, 1.165) is 69.2 Å². The van der Waals surface area contributed by atoms with Crippen molar-refractivity contribution in [1.82, 2.24) is 4.90 Å². The summed E-state index contributed by atoms with van der Waals surface area (Å²) in [7, 11) is 1.74. The van der Waals surface area contributed by atoms with Gasteiger partial charge in [-0.2, -0.15) is 0 Å². The lowest BCUT2D eigenvalue weighted by molar-refractivity contribution is -0.116. The van der Waals surface area contributed by atoms with Crippen molar-refractivity contribution in [1.29, 1.82) is 0 Å². The summed E-state index contributed by atoms with van der Waals surface area (Å²) in [5.74, 6) is 1.86. The number of amides is 1. The molecule has 1 saturated heterocycles. The van der Waals surface area contributed by atoms with E-state index in [1.54, 1.807) is 7.11 Å². The van der Waals surface area contributed by atoms with Gasteiger partial charge in [0.2, 0.25) is 5.91 Å². The smallest absolute Gasteiger partial charge is 0.224 e. The molecule has 2 aliphatic heterocycles. The standard InChI is InChI=1S/C24H31N3O3/c1-29-23-7-3-2-6-22(23)27-14-4-12-26(15-16-27)13-5-17-30-20-10-8-19-9-11-24(28)25-21(19)18-20/h2-3,6-8,10,18H,4-5,9,11-17H2,1H3,(H,25,28). The molecule has 0 unspecified atom stereocenters. The minimum atomic E-state index is 0.0861. The number of nitrogens with zero attached hydrogens (tertiary/aromatic N) is 2. The lowest BCUT2D eigenvalue weighted by atomic mass is 10.0. The van der Waals surface area contributed by atoms with Crippen molar-refractivity contribution in [2.75, 3.05) is 56.7 Å². The minimum absolute atomic E-state index is 0.0861. The molecule has 1 fully saturated rings. The number of anilines is 2. The molecule has 0 aromatic heterocycles. The van der Waals surface area contributed by atoms with E-state index in [2.05, 4.69) is 33.3 Å². The second kappa shape index (κ2) is 9.85. The summed E-state index contributed by atoms with van der Waals surface area (Å²) >= 11 is 0. The van der Waals surface area contributed by atoms with E-state index in [1.807, 2.05) is 24.3 Å². The van der Waals surface area contributed by atoms with Gasteiger partial charge in [0.1, 0.15) is 11.5 Å². The van der Waals surface area contributed by atoms with Crippen LogP contribution in [0, 0.1) is 0 Å². The SMILES string of the molecule is COc1ccccc1N1CCCN(CCCOc2ccc3c(c2)NC(=O)CC3)CC1. The molecule has 0 atom stereocenters. The van der Waals surface area contributed by atoms with Gasteiger partial charge in [0.25, 0.3) is 0 Å². The van der Waals surface area contributed by atoms with Crippen LogP contribution in [0.4, 0.5) is 11.4 Å². The van der Waals surface area contributed by atoms with Gasteiger partial charge < -0.3 is 24.6 Å². The van der Waals surface area contributed by atoms with E-state index in [1.165, 1.54) is 11.3 Å². The van der Waals surface area contributed by atoms with Crippen molar-refractivity contribution in [3.05, 3.63) is 48.0 Å². The zero-order valence-corrected chi connectivity index (χ0v) is 17.7. The van der Waals surface area contributed by atoms with Crippen LogP contribution in [0.2, 0.25) is 0 Å². The maximum absolute atomic E-state index is 11.6. The first kappa shape index (κ1) is 20.5. The van der Waals surface area contributed by atoms with Gasteiger partial charge in [-0.15, -0.1) is 0 Å². The Morgan fingerprint density at radius 3 is 2.83 bits per heavy atom. The molecule has 30 heavy (non-hydrogen) atoms. The monoisotopic (exact) mass is 409 g/mol. The summed E-state index contributed by atoms with van der Waals surface area (Å²) in [4.78, 5) is 16.5. The topological polar surface area (TPSA) is 54.0 Å².